The summed E-state index contributed by atoms with van der Waals surface area (Å²) in [5, 5.41) is 3.50. The van der Waals surface area contributed by atoms with Crippen LogP contribution in [0.1, 0.15) is 37.9 Å². The van der Waals surface area contributed by atoms with Crippen molar-refractivity contribution in [1.82, 2.24) is 5.32 Å². The largest absolute Gasteiger partial charge is 0.464 e. The highest BCUT2D eigenvalue weighted by Gasteiger charge is 2.13. The SMILES string of the molecule is Cc1oc(CN(C)c2ccccc2)cc1CNC(C)(C)C. The molecule has 0 aliphatic carbocycles. The Kier molecular flexibility index (Phi) is 4.73. The van der Waals surface area contributed by atoms with Gasteiger partial charge in [-0.2, -0.15) is 0 Å². The molecule has 2 aromatic rings. The first-order valence-electron chi connectivity index (χ1n) is 7.44. The van der Waals surface area contributed by atoms with E-state index < -0.39 is 0 Å². The normalized spacial score (nSPS) is 11.7. The number of aryl methyl sites for hydroxylation is 1. The maximum Gasteiger partial charge on any atom is 0.123 e. The van der Waals surface area contributed by atoms with Gasteiger partial charge in [0.25, 0.3) is 0 Å². The number of anilines is 1. The Bertz CT molecular complexity index is 567. The molecule has 1 aromatic carbocycles. The zero-order chi connectivity index (χ0) is 15.5. The van der Waals surface area contributed by atoms with Gasteiger partial charge in [-0.15, -0.1) is 0 Å². The molecule has 0 aliphatic rings. The zero-order valence-corrected chi connectivity index (χ0v) is 13.7. The zero-order valence-electron chi connectivity index (χ0n) is 13.7. The van der Waals surface area contributed by atoms with Gasteiger partial charge in [0.05, 0.1) is 6.54 Å². The van der Waals surface area contributed by atoms with Crippen LogP contribution in [0.5, 0.6) is 0 Å². The van der Waals surface area contributed by atoms with Crippen molar-refractivity contribution in [2.24, 2.45) is 0 Å². The van der Waals surface area contributed by atoms with Gasteiger partial charge in [0.2, 0.25) is 0 Å². The van der Waals surface area contributed by atoms with Crippen LogP contribution >= 0.6 is 0 Å². The van der Waals surface area contributed by atoms with Crippen LogP contribution in [-0.2, 0) is 13.1 Å². The molecule has 0 saturated carbocycles. The number of nitrogens with one attached hydrogen (secondary N) is 1. The van der Waals surface area contributed by atoms with Gasteiger partial charge in [0.1, 0.15) is 11.5 Å². The lowest BCUT2D eigenvalue weighted by Crippen LogP contribution is -2.35. The average Bonchev–Trinajstić information content (AvgIpc) is 2.77. The maximum atomic E-state index is 5.89. The van der Waals surface area contributed by atoms with E-state index in [1.165, 1.54) is 11.3 Å². The van der Waals surface area contributed by atoms with Crippen molar-refractivity contribution >= 4 is 5.69 Å². The molecule has 2 rings (SSSR count). The summed E-state index contributed by atoms with van der Waals surface area (Å²) >= 11 is 0. The molecule has 0 radical (unpaired) electrons. The number of para-hydroxylation sites is 1. The van der Waals surface area contributed by atoms with E-state index in [9.17, 15) is 0 Å². The summed E-state index contributed by atoms with van der Waals surface area (Å²) in [5.74, 6) is 2.01. The lowest BCUT2D eigenvalue weighted by molar-refractivity contribution is 0.419. The Labute approximate surface area is 128 Å². The van der Waals surface area contributed by atoms with Crippen molar-refractivity contribution in [3.05, 3.63) is 53.5 Å². The van der Waals surface area contributed by atoms with Crippen molar-refractivity contribution in [3.63, 3.8) is 0 Å². The summed E-state index contributed by atoms with van der Waals surface area (Å²) < 4.78 is 5.89. The fourth-order valence-corrected chi connectivity index (χ4v) is 2.21. The van der Waals surface area contributed by atoms with Gasteiger partial charge in [-0.25, -0.2) is 0 Å². The molecule has 0 atom stereocenters. The van der Waals surface area contributed by atoms with Gasteiger partial charge in [-0.3, -0.25) is 0 Å². The van der Waals surface area contributed by atoms with E-state index in [1.807, 2.05) is 13.0 Å². The second kappa shape index (κ2) is 6.35. The Morgan fingerprint density at radius 3 is 2.43 bits per heavy atom. The van der Waals surface area contributed by atoms with Crippen molar-refractivity contribution in [3.8, 4) is 0 Å². The molecule has 3 nitrogen and oxygen atoms in total. The van der Waals surface area contributed by atoms with E-state index in [4.69, 9.17) is 4.42 Å². The number of hydrogen-bond acceptors (Lipinski definition) is 3. The standard InChI is InChI=1S/C18H26N2O/c1-14-15(12-19-18(2,3)4)11-17(21-14)13-20(5)16-9-7-6-8-10-16/h6-11,19H,12-13H2,1-5H3. The second-order valence-electron chi connectivity index (χ2n) is 6.59. The van der Waals surface area contributed by atoms with Crippen LogP contribution < -0.4 is 10.2 Å². The van der Waals surface area contributed by atoms with Gasteiger partial charge in [0.15, 0.2) is 0 Å². The van der Waals surface area contributed by atoms with E-state index in [2.05, 4.69) is 68.4 Å². The third kappa shape index (κ3) is 4.64. The summed E-state index contributed by atoms with van der Waals surface area (Å²) in [7, 11) is 2.08. The van der Waals surface area contributed by atoms with Crippen LogP contribution in [0.4, 0.5) is 5.69 Å². The maximum absolute atomic E-state index is 5.89. The van der Waals surface area contributed by atoms with E-state index in [0.29, 0.717) is 0 Å². The molecular weight excluding hydrogens is 260 g/mol. The van der Waals surface area contributed by atoms with E-state index in [0.717, 1.165) is 24.6 Å². The highest BCUT2D eigenvalue weighted by atomic mass is 16.3. The van der Waals surface area contributed by atoms with Gasteiger partial charge >= 0.3 is 0 Å². The molecular formula is C18H26N2O. The number of nitrogens with zero attached hydrogens (tertiary/aromatic N) is 1. The van der Waals surface area contributed by atoms with Crippen molar-refractivity contribution in [2.45, 2.75) is 46.3 Å². The Balaban J connectivity index is 2.02. The number of furan rings is 1. The fraction of sp³-hybridized carbons (Fsp3) is 0.444. The molecule has 0 bridgehead atoms. The van der Waals surface area contributed by atoms with Gasteiger partial charge < -0.3 is 14.6 Å². The fourth-order valence-electron chi connectivity index (χ4n) is 2.21. The lowest BCUT2D eigenvalue weighted by atomic mass is 10.1. The predicted molar refractivity (Wildman–Crippen MR) is 88.6 cm³/mol. The van der Waals surface area contributed by atoms with Crippen LogP contribution in [-0.4, -0.2) is 12.6 Å². The molecule has 114 valence electrons. The molecule has 1 aromatic heterocycles. The van der Waals surface area contributed by atoms with Crippen molar-refractivity contribution in [2.75, 3.05) is 11.9 Å². The number of benzene rings is 1. The average molecular weight is 286 g/mol. The van der Waals surface area contributed by atoms with E-state index in [1.54, 1.807) is 0 Å². The topological polar surface area (TPSA) is 28.4 Å². The molecule has 1 N–H and O–H groups in total. The monoisotopic (exact) mass is 286 g/mol. The summed E-state index contributed by atoms with van der Waals surface area (Å²) in [6, 6.07) is 12.5. The number of rotatable bonds is 5. The molecule has 0 fully saturated rings. The highest BCUT2D eigenvalue weighted by molar-refractivity contribution is 5.45. The first-order valence-corrected chi connectivity index (χ1v) is 7.44. The van der Waals surface area contributed by atoms with Crippen LogP contribution in [0.25, 0.3) is 0 Å². The lowest BCUT2D eigenvalue weighted by Gasteiger charge is -2.20. The van der Waals surface area contributed by atoms with Crippen LogP contribution in [0.2, 0.25) is 0 Å². The van der Waals surface area contributed by atoms with Crippen LogP contribution in [0.3, 0.4) is 0 Å². The minimum atomic E-state index is 0.116. The number of hydrogen-bond donors (Lipinski definition) is 1. The first kappa shape index (κ1) is 15.6. The Morgan fingerprint density at radius 1 is 1.14 bits per heavy atom. The summed E-state index contributed by atoms with van der Waals surface area (Å²) in [5.41, 5.74) is 2.55. The van der Waals surface area contributed by atoms with Crippen molar-refractivity contribution < 1.29 is 4.42 Å². The smallest absolute Gasteiger partial charge is 0.123 e. The minimum Gasteiger partial charge on any atom is -0.464 e. The van der Waals surface area contributed by atoms with Crippen molar-refractivity contribution in [1.29, 1.82) is 0 Å². The first-order chi connectivity index (χ1) is 9.85. The summed E-state index contributed by atoms with van der Waals surface area (Å²) in [4.78, 5) is 2.19. The molecule has 0 spiro atoms. The third-order valence-corrected chi connectivity index (χ3v) is 3.47. The third-order valence-electron chi connectivity index (χ3n) is 3.47. The van der Waals surface area contributed by atoms with Gasteiger partial charge in [-0.05, 0) is 45.9 Å². The molecule has 0 amide bonds. The molecule has 3 heteroatoms. The molecule has 21 heavy (non-hydrogen) atoms. The summed E-state index contributed by atoms with van der Waals surface area (Å²) in [6.07, 6.45) is 0. The van der Waals surface area contributed by atoms with Crippen LogP contribution in [0.15, 0.2) is 40.8 Å². The van der Waals surface area contributed by atoms with E-state index >= 15 is 0 Å². The van der Waals surface area contributed by atoms with Gasteiger partial charge in [-0.1, -0.05) is 18.2 Å². The Hall–Kier alpha value is -1.74. The Morgan fingerprint density at radius 2 is 1.81 bits per heavy atom. The summed E-state index contributed by atoms with van der Waals surface area (Å²) in [6.45, 7) is 10.2. The molecule has 0 saturated heterocycles. The second-order valence-corrected chi connectivity index (χ2v) is 6.59. The van der Waals surface area contributed by atoms with E-state index in [-0.39, 0.29) is 5.54 Å². The predicted octanol–water partition coefficient (Wildman–Crippen LogP) is 4.11. The van der Waals surface area contributed by atoms with Crippen LogP contribution in [0, 0.1) is 6.92 Å². The highest BCUT2D eigenvalue weighted by Crippen LogP contribution is 2.20. The molecule has 0 unspecified atom stereocenters. The quantitative estimate of drug-likeness (QED) is 0.896. The van der Waals surface area contributed by atoms with Gasteiger partial charge in [0, 0.05) is 30.4 Å². The molecule has 0 aliphatic heterocycles. The minimum absolute atomic E-state index is 0.116. The molecule has 1 heterocycles.